The van der Waals surface area contributed by atoms with Crippen LogP contribution in [0.3, 0.4) is 0 Å². The summed E-state index contributed by atoms with van der Waals surface area (Å²) in [4.78, 5) is 22.3. The van der Waals surface area contributed by atoms with E-state index in [1.165, 1.54) is 0 Å². The topological polar surface area (TPSA) is 83.8 Å². The van der Waals surface area contributed by atoms with Gasteiger partial charge in [-0.1, -0.05) is 0 Å². The molecule has 6 atom stereocenters. The summed E-state index contributed by atoms with van der Waals surface area (Å²) in [6, 6.07) is 0. The Kier molecular flexibility index (Phi) is 1.34. The van der Waals surface area contributed by atoms with Crippen molar-refractivity contribution in [3.05, 3.63) is 0 Å². The van der Waals surface area contributed by atoms with Gasteiger partial charge in [0.2, 0.25) is 0 Å². The Morgan fingerprint density at radius 2 is 2.14 bits per heavy atom. The number of aliphatic carboxylic acids is 1. The second kappa shape index (κ2) is 2.28. The number of ether oxygens (including phenoxy) is 1. The van der Waals surface area contributed by atoms with Crippen LogP contribution in [0.4, 0.5) is 0 Å². The van der Waals surface area contributed by atoms with Crippen LogP contribution < -0.4 is 0 Å². The molecule has 2 bridgehead atoms. The number of carbonyl (C=O) groups excluding carboxylic acids is 1. The Labute approximate surface area is 79.7 Å². The predicted molar refractivity (Wildman–Crippen MR) is 42.1 cm³/mol. The molecule has 5 nitrogen and oxygen atoms in total. The van der Waals surface area contributed by atoms with Crippen LogP contribution in [0, 0.1) is 23.7 Å². The molecule has 5 heteroatoms. The number of carboxylic acids is 1. The van der Waals surface area contributed by atoms with Gasteiger partial charge in [-0.25, -0.2) is 0 Å². The number of fused-ring (bicyclic) bond motifs is 1. The van der Waals surface area contributed by atoms with E-state index in [1.807, 2.05) is 0 Å². The van der Waals surface area contributed by atoms with Crippen molar-refractivity contribution < 1.29 is 24.5 Å². The number of hydrogen-bond donors (Lipinski definition) is 2. The molecule has 1 aliphatic heterocycles. The molecule has 76 valence electrons. The van der Waals surface area contributed by atoms with Gasteiger partial charge in [0.25, 0.3) is 0 Å². The SMILES string of the molecule is O=C(O)[C@@H]1[C@H]2C[C@H]3[C@H](OC(=O)[C@@H]31)[C@@H]2O. The fourth-order valence-corrected chi connectivity index (χ4v) is 3.36. The number of hydrogen-bond acceptors (Lipinski definition) is 4. The summed E-state index contributed by atoms with van der Waals surface area (Å²) < 4.78 is 4.98. The van der Waals surface area contributed by atoms with Gasteiger partial charge < -0.3 is 14.9 Å². The summed E-state index contributed by atoms with van der Waals surface area (Å²) in [5.74, 6) is -3.03. The first-order chi connectivity index (χ1) is 6.61. The maximum atomic E-state index is 11.4. The molecule has 0 radical (unpaired) electrons. The van der Waals surface area contributed by atoms with Crippen molar-refractivity contribution in [1.29, 1.82) is 0 Å². The molecule has 3 fully saturated rings. The fraction of sp³-hybridized carbons (Fsp3) is 0.778. The van der Waals surface area contributed by atoms with Gasteiger partial charge in [0.05, 0.1) is 17.9 Å². The summed E-state index contributed by atoms with van der Waals surface area (Å²) in [6.07, 6.45) is -0.601. The molecule has 14 heavy (non-hydrogen) atoms. The Hall–Kier alpha value is -1.10. The minimum Gasteiger partial charge on any atom is -0.481 e. The van der Waals surface area contributed by atoms with Crippen LogP contribution in [-0.4, -0.2) is 34.4 Å². The monoisotopic (exact) mass is 198 g/mol. The van der Waals surface area contributed by atoms with Gasteiger partial charge in [-0.3, -0.25) is 9.59 Å². The zero-order chi connectivity index (χ0) is 10.0. The van der Waals surface area contributed by atoms with E-state index in [0.717, 1.165) is 0 Å². The van der Waals surface area contributed by atoms with E-state index in [0.29, 0.717) is 6.42 Å². The number of rotatable bonds is 1. The van der Waals surface area contributed by atoms with Crippen molar-refractivity contribution in [2.24, 2.45) is 23.7 Å². The average Bonchev–Trinajstić information content (AvgIpc) is 2.67. The lowest BCUT2D eigenvalue weighted by atomic mass is 9.79. The van der Waals surface area contributed by atoms with Crippen LogP contribution in [0.1, 0.15) is 6.42 Å². The first-order valence-electron chi connectivity index (χ1n) is 4.72. The first kappa shape index (κ1) is 8.23. The molecule has 1 saturated heterocycles. The van der Waals surface area contributed by atoms with Crippen LogP contribution >= 0.6 is 0 Å². The largest absolute Gasteiger partial charge is 0.481 e. The van der Waals surface area contributed by atoms with E-state index in [9.17, 15) is 14.7 Å². The minimum atomic E-state index is -0.987. The van der Waals surface area contributed by atoms with Gasteiger partial charge in [-0.2, -0.15) is 0 Å². The lowest BCUT2D eigenvalue weighted by Crippen LogP contribution is -2.40. The molecule has 1 heterocycles. The van der Waals surface area contributed by atoms with Gasteiger partial charge in [0.1, 0.15) is 6.10 Å². The van der Waals surface area contributed by atoms with Crippen molar-refractivity contribution in [3.8, 4) is 0 Å². The first-order valence-corrected chi connectivity index (χ1v) is 4.72. The second-order valence-corrected chi connectivity index (χ2v) is 4.35. The molecule has 0 aromatic rings. The Bertz CT molecular complexity index is 325. The number of carbonyl (C=O) groups is 2. The molecular formula is C9H10O5. The molecule has 0 unspecified atom stereocenters. The average molecular weight is 198 g/mol. The third-order valence-corrected chi connectivity index (χ3v) is 3.86. The highest BCUT2D eigenvalue weighted by molar-refractivity contribution is 5.85. The molecule has 0 spiro atoms. The Balaban J connectivity index is 2.04. The van der Waals surface area contributed by atoms with Gasteiger partial charge in [0, 0.05) is 11.8 Å². The number of carboxylic acid groups (broad SMARTS) is 1. The second-order valence-electron chi connectivity index (χ2n) is 4.35. The third kappa shape index (κ3) is 0.706. The summed E-state index contributed by atoms with van der Waals surface area (Å²) in [6.45, 7) is 0. The van der Waals surface area contributed by atoms with Gasteiger partial charge >= 0.3 is 11.9 Å². The predicted octanol–water partition coefficient (Wildman–Crippen LogP) is -0.761. The van der Waals surface area contributed by atoms with E-state index in [2.05, 4.69) is 0 Å². The molecule has 0 aromatic carbocycles. The Morgan fingerprint density at radius 3 is 2.79 bits per heavy atom. The van der Waals surface area contributed by atoms with Crippen molar-refractivity contribution >= 4 is 11.9 Å². The molecule has 0 aromatic heterocycles. The molecular weight excluding hydrogens is 188 g/mol. The Morgan fingerprint density at radius 1 is 1.43 bits per heavy atom. The highest BCUT2D eigenvalue weighted by Crippen LogP contribution is 2.57. The van der Waals surface area contributed by atoms with E-state index in [1.54, 1.807) is 0 Å². The minimum absolute atomic E-state index is 0.0661. The van der Waals surface area contributed by atoms with Gasteiger partial charge in [-0.05, 0) is 6.42 Å². The summed E-state index contributed by atoms with van der Waals surface area (Å²) >= 11 is 0. The molecule has 3 rings (SSSR count). The van der Waals surface area contributed by atoms with E-state index >= 15 is 0 Å². The van der Waals surface area contributed by atoms with Crippen molar-refractivity contribution in [1.82, 2.24) is 0 Å². The smallest absolute Gasteiger partial charge is 0.310 e. The lowest BCUT2D eigenvalue weighted by Gasteiger charge is -2.25. The van der Waals surface area contributed by atoms with Crippen molar-refractivity contribution in [2.75, 3.05) is 0 Å². The molecule has 2 aliphatic carbocycles. The maximum absolute atomic E-state index is 11.4. The van der Waals surface area contributed by atoms with E-state index in [-0.39, 0.29) is 11.8 Å². The van der Waals surface area contributed by atoms with Gasteiger partial charge in [-0.15, -0.1) is 0 Å². The van der Waals surface area contributed by atoms with Crippen LogP contribution in [0.2, 0.25) is 0 Å². The molecule has 0 amide bonds. The number of aliphatic hydroxyl groups excluding tert-OH is 1. The third-order valence-electron chi connectivity index (χ3n) is 3.86. The summed E-state index contributed by atoms with van der Waals surface area (Å²) in [5.41, 5.74) is 0. The van der Waals surface area contributed by atoms with E-state index < -0.39 is 36.0 Å². The van der Waals surface area contributed by atoms with Crippen molar-refractivity contribution in [3.63, 3.8) is 0 Å². The van der Waals surface area contributed by atoms with Crippen LogP contribution in [0.5, 0.6) is 0 Å². The van der Waals surface area contributed by atoms with E-state index in [4.69, 9.17) is 9.84 Å². The molecule has 2 saturated carbocycles. The van der Waals surface area contributed by atoms with Gasteiger partial charge in [0.15, 0.2) is 0 Å². The molecule has 2 N–H and O–H groups in total. The zero-order valence-corrected chi connectivity index (χ0v) is 7.29. The lowest BCUT2D eigenvalue weighted by molar-refractivity contribution is -0.151. The summed E-state index contributed by atoms with van der Waals surface area (Å²) in [5, 5.41) is 18.7. The molecule has 3 aliphatic rings. The van der Waals surface area contributed by atoms with Crippen LogP contribution in [0.25, 0.3) is 0 Å². The zero-order valence-electron chi connectivity index (χ0n) is 7.29. The van der Waals surface area contributed by atoms with Crippen molar-refractivity contribution in [2.45, 2.75) is 18.6 Å². The highest BCUT2D eigenvalue weighted by atomic mass is 16.6. The maximum Gasteiger partial charge on any atom is 0.310 e. The number of esters is 1. The summed E-state index contributed by atoms with van der Waals surface area (Å²) in [7, 11) is 0. The quantitative estimate of drug-likeness (QED) is 0.541. The standard InChI is InChI=1S/C9H10O5/c10-6-2-1-3-5(4(2)8(11)12)9(13)14-7(3)6/h2-7,10H,1H2,(H,11,12)/t2-,3-,4-,5+,6-,7+/m1/s1. The highest BCUT2D eigenvalue weighted by Gasteiger charge is 2.68. The number of aliphatic hydroxyl groups is 1. The van der Waals surface area contributed by atoms with Crippen LogP contribution in [-0.2, 0) is 14.3 Å². The fourth-order valence-electron chi connectivity index (χ4n) is 3.36. The normalized spacial score (nSPS) is 53.6. The van der Waals surface area contributed by atoms with Crippen LogP contribution in [0.15, 0.2) is 0 Å².